The van der Waals surface area contributed by atoms with Crippen LogP contribution in [0, 0.1) is 0 Å². The fourth-order valence-electron chi connectivity index (χ4n) is 4.78. The van der Waals surface area contributed by atoms with E-state index < -0.39 is 18.4 Å². The maximum absolute atomic E-state index is 10.2. The van der Waals surface area contributed by atoms with Crippen molar-refractivity contribution in [3.63, 3.8) is 0 Å². The summed E-state index contributed by atoms with van der Waals surface area (Å²) in [4.78, 5) is 13.5. The number of benzene rings is 2. The van der Waals surface area contributed by atoms with Crippen LogP contribution in [0.25, 0.3) is 22.3 Å². The van der Waals surface area contributed by atoms with Crippen molar-refractivity contribution in [1.29, 1.82) is 0 Å². The van der Waals surface area contributed by atoms with Gasteiger partial charge in [-0.25, -0.2) is 4.98 Å². The first-order chi connectivity index (χ1) is 17.6. The molecule has 1 fully saturated rings. The van der Waals surface area contributed by atoms with E-state index in [4.69, 9.17) is 9.47 Å². The van der Waals surface area contributed by atoms with Crippen LogP contribution in [-0.4, -0.2) is 55.2 Å². The van der Waals surface area contributed by atoms with Crippen LogP contribution in [0.4, 0.5) is 11.6 Å². The third-order valence-electron chi connectivity index (χ3n) is 6.54. The number of aliphatic hydroxyl groups is 2. The standard InChI is InChI=1S/C26H26N6O4/c1-2-9-35-25-23-24(32(14-27-23)22-12-20(34)21(13-33)36-22)28-26(29-25)31-30-17-8-7-16-10-15-5-3-4-6-18(15)19(16)11-17/h2-8,11,14,20-22,30,33-34H,1,9-10,12-13H2,(H,28,29,31)/t20-,21+,22+/m1/s1. The minimum atomic E-state index is -0.778. The lowest BCUT2D eigenvalue weighted by atomic mass is 10.1. The van der Waals surface area contributed by atoms with Crippen molar-refractivity contribution in [2.75, 3.05) is 24.1 Å². The average Bonchev–Trinajstić information content (AvgIpc) is 3.60. The van der Waals surface area contributed by atoms with Gasteiger partial charge in [0, 0.05) is 6.42 Å². The van der Waals surface area contributed by atoms with Gasteiger partial charge in [0.1, 0.15) is 18.9 Å². The summed E-state index contributed by atoms with van der Waals surface area (Å²) in [5.41, 5.74) is 13.1. The van der Waals surface area contributed by atoms with Crippen molar-refractivity contribution < 1.29 is 19.7 Å². The highest BCUT2D eigenvalue weighted by atomic mass is 16.5. The normalized spacial score (nSPS) is 20.2. The molecule has 0 amide bonds. The summed E-state index contributed by atoms with van der Waals surface area (Å²) in [5.74, 6) is 0.574. The molecule has 0 unspecified atom stereocenters. The van der Waals surface area contributed by atoms with E-state index in [0.717, 1.165) is 12.1 Å². The molecule has 0 saturated carbocycles. The molecule has 184 valence electrons. The molecule has 2 aromatic carbocycles. The van der Waals surface area contributed by atoms with E-state index in [1.807, 2.05) is 6.07 Å². The van der Waals surface area contributed by atoms with Gasteiger partial charge in [-0.15, -0.1) is 0 Å². The van der Waals surface area contributed by atoms with E-state index in [1.165, 1.54) is 22.3 Å². The third kappa shape index (κ3) is 3.95. The van der Waals surface area contributed by atoms with Crippen molar-refractivity contribution in [2.24, 2.45) is 0 Å². The molecule has 3 heterocycles. The monoisotopic (exact) mass is 486 g/mol. The molecule has 3 atom stereocenters. The van der Waals surface area contributed by atoms with Crippen LogP contribution in [-0.2, 0) is 11.2 Å². The summed E-state index contributed by atoms with van der Waals surface area (Å²) < 4.78 is 13.3. The number of aliphatic hydroxyl groups excluding tert-OH is 2. The number of aromatic nitrogens is 4. The highest BCUT2D eigenvalue weighted by Crippen LogP contribution is 2.38. The van der Waals surface area contributed by atoms with E-state index in [0.29, 0.717) is 23.5 Å². The highest BCUT2D eigenvalue weighted by Gasteiger charge is 2.35. The van der Waals surface area contributed by atoms with Gasteiger partial charge >= 0.3 is 0 Å². The Bertz CT molecular complexity index is 1440. The number of rotatable bonds is 8. The largest absolute Gasteiger partial charge is 0.472 e. The molecule has 1 saturated heterocycles. The lowest BCUT2D eigenvalue weighted by Crippen LogP contribution is -2.24. The molecule has 6 rings (SSSR count). The first-order valence-electron chi connectivity index (χ1n) is 11.8. The Morgan fingerprint density at radius 1 is 1.14 bits per heavy atom. The smallest absolute Gasteiger partial charge is 0.247 e. The molecule has 1 aliphatic carbocycles. The highest BCUT2D eigenvalue weighted by molar-refractivity contribution is 5.80. The molecule has 0 spiro atoms. The second-order valence-corrected chi connectivity index (χ2v) is 8.85. The number of imidazole rings is 1. The number of hydrogen-bond donors (Lipinski definition) is 4. The van der Waals surface area contributed by atoms with Gasteiger partial charge in [0.2, 0.25) is 11.8 Å². The molecule has 36 heavy (non-hydrogen) atoms. The zero-order valence-electron chi connectivity index (χ0n) is 19.5. The molecule has 0 radical (unpaired) electrons. The number of hydrogen-bond acceptors (Lipinski definition) is 9. The lowest BCUT2D eigenvalue weighted by Gasteiger charge is -2.15. The van der Waals surface area contributed by atoms with Crippen molar-refractivity contribution >= 4 is 22.8 Å². The zero-order chi connectivity index (χ0) is 24.6. The Kier molecular flexibility index (Phi) is 5.76. The topological polar surface area (TPSA) is 127 Å². The van der Waals surface area contributed by atoms with Crippen molar-refractivity contribution in [3.05, 3.63) is 72.6 Å². The molecular weight excluding hydrogens is 460 g/mol. The summed E-state index contributed by atoms with van der Waals surface area (Å²) in [6, 6.07) is 14.7. The second kappa shape index (κ2) is 9.23. The van der Waals surface area contributed by atoms with Crippen molar-refractivity contribution in [2.45, 2.75) is 31.3 Å². The number of hydrazine groups is 1. The molecule has 1 aliphatic heterocycles. The predicted octanol–water partition coefficient (Wildman–Crippen LogP) is 3.04. The van der Waals surface area contributed by atoms with E-state index in [-0.39, 0.29) is 19.2 Å². The molecule has 4 N–H and O–H groups in total. The molecule has 0 bridgehead atoms. The Hall–Kier alpha value is -3.99. The molecule has 4 aromatic rings. The van der Waals surface area contributed by atoms with Crippen LogP contribution in [0.3, 0.4) is 0 Å². The van der Waals surface area contributed by atoms with Crippen LogP contribution >= 0.6 is 0 Å². The SMILES string of the molecule is C=CCOc1nc(NNc2ccc3c(c2)-c2ccccc2C3)nc2c1ncn2[C@@H]1C[C@@H](O)[C@H](CO)O1. The number of fused-ring (bicyclic) bond motifs is 4. The van der Waals surface area contributed by atoms with Gasteiger partial charge in [0.05, 0.1) is 24.7 Å². The summed E-state index contributed by atoms with van der Waals surface area (Å²) in [6.07, 6.45) is 2.48. The third-order valence-corrected chi connectivity index (χ3v) is 6.54. The molecule has 10 nitrogen and oxygen atoms in total. The second-order valence-electron chi connectivity index (χ2n) is 8.85. The summed E-state index contributed by atoms with van der Waals surface area (Å²) in [7, 11) is 0. The predicted molar refractivity (Wildman–Crippen MR) is 135 cm³/mol. The first-order valence-corrected chi connectivity index (χ1v) is 11.8. The number of nitrogens with one attached hydrogen (secondary N) is 2. The van der Waals surface area contributed by atoms with Crippen LogP contribution in [0.2, 0.25) is 0 Å². The number of ether oxygens (including phenoxy) is 2. The number of anilines is 2. The van der Waals surface area contributed by atoms with Gasteiger partial charge in [0.15, 0.2) is 11.2 Å². The minimum Gasteiger partial charge on any atom is -0.472 e. The summed E-state index contributed by atoms with van der Waals surface area (Å²) in [5, 5.41) is 19.6. The van der Waals surface area contributed by atoms with Crippen molar-refractivity contribution in [1.82, 2.24) is 19.5 Å². The molecule has 10 heteroatoms. The van der Waals surface area contributed by atoms with Gasteiger partial charge in [-0.1, -0.05) is 43.0 Å². The molecule has 2 aliphatic rings. The van der Waals surface area contributed by atoms with Gasteiger partial charge in [-0.3, -0.25) is 15.4 Å². The van der Waals surface area contributed by atoms with Gasteiger partial charge < -0.3 is 19.7 Å². The van der Waals surface area contributed by atoms with E-state index in [9.17, 15) is 10.2 Å². The van der Waals surface area contributed by atoms with Crippen LogP contribution in [0.1, 0.15) is 23.8 Å². The van der Waals surface area contributed by atoms with Crippen LogP contribution in [0.15, 0.2) is 61.4 Å². The fraction of sp³-hybridized carbons (Fsp3) is 0.269. The Labute approximate surface area is 207 Å². The van der Waals surface area contributed by atoms with Crippen LogP contribution in [0.5, 0.6) is 5.88 Å². The molecule has 2 aromatic heterocycles. The van der Waals surface area contributed by atoms with Crippen molar-refractivity contribution in [3.8, 4) is 17.0 Å². The Balaban J connectivity index is 1.29. The van der Waals surface area contributed by atoms with Gasteiger partial charge in [-0.05, 0) is 40.8 Å². The molecular formula is C26H26N6O4. The maximum Gasteiger partial charge on any atom is 0.247 e. The minimum absolute atomic E-state index is 0.251. The summed E-state index contributed by atoms with van der Waals surface area (Å²) >= 11 is 0. The van der Waals surface area contributed by atoms with Gasteiger partial charge in [-0.2, -0.15) is 9.97 Å². The number of nitrogens with zero attached hydrogens (tertiary/aromatic N) is 4. The maximum atomic E-state index is 10.2. The average molecular weight is 487 g/mol. The van der Waals surface area contributed by atoms with E-state index >= 15 is 0 Å². The fourth-order valence-corrected chi connectivity index (χ4v) is 4.78. The van der Waals surface area contributed by atoms with E-state index in [2.05, 4.69) is 68.8 Å². The first kappa shape index (κ1) is 22.5. The zero-order valence-corrected chi connectivity index (χ0v) is 19.5. The van der Waals surface area contributed by atoms with Crippen LogP contribution < -0.4 is 15.6 Å². The quantitative estimate of drug-likeness (QED) is 0.193. The van der Waals surface area contributed by atoms with E-state index in [1.54, 1.807) is 17.0 Å². The Morgan fingerprint density at radius 2 is 2.00 bits per heavy atom. The lowest BCUT2D eigenvalue weighted by molar-refractivity contribution is -0.0432. The van der Waals surface area contributed by atoms with Gasteiger partial charge in [0.25, 0.3) is 0 Å². The Morgan fingerprint density at radius 3 is 2.83 bits per heavy atom. The summed E-state index contributed by atoms with van der Waals surface area (Å²) in [6.45, 7) is 3.68.